The maximum atomic E-state index is 11.5. The van der Waals surface area contributed by atoms with Crippen molar-refractivity contribution in [1.82, 2.24) is 0 Å². The minimum atomic E-state index is -0.565. The van der Waals surface area contributed by atoms with Crippen LogP contribution in [0.1, 0.15) is 0 Å². The first-order chi connectivity index (χ1) is 9.11. The van der Waals surface area contributed by atoms with Crippen molar-refractivity contribution >= 4 is 17.5 Å². The number of nitrogens with one attached hydrogen (secondary N) is 1. The van der Waals surface area contributed by atoms with Crippen molar-refractivity contribution in [1.29, 1.82) is 0 Å². The summed E-state index contributed by atoms with van der Waals surface area (Å²) in [5.41, 5.74) is 10.7. The molecule has 0 aromatic heterocycles. The van der Waals surface area contributed by atoms with E-state index in [1.807, 2.05) is 0 Å². The van der Waals surface area contributed by atoms with Crippen molar-refractivity contribution in [2.24, 2.45) is 11.5 Å². The van der Waals surface area contributed by atoms with Crippen molar-refractivity contribution in [2.75, 3.05) is 31.7 Å². The van der Waals surface area contributed by atoms with Gasteiger partial charge >= 0.3 is 0 Å². The summed E-state index contributed by atoms with van der Waals surface area (Å²) in [5.74, 6) is -0.412. The van der Waals surface area contributed by atoms with Crippen LogP contribution in [0.2, 0.25) is 0 Å². The Balaban J connectivity index is 2.47. The van der Waals surface area contributed by atoms with Gasteiger partial charge in [0.05, 0.1) is 6.61 Å². The van der Waals surface area contributed by atoms with E-state index in [1.54, 1.807) is 24.3 Å². The summed E-state index contributed by atoms with van der Waals surface area (Å²) in [5, 5.41) is 2.63. The smallest absolute Gasteiger partial charge is 0.255 e. The molecule has 0 bridgehead atoms. The van der Waals surface area contributed by atoms with Gasteiger partial charge in [0, 0.05) is 18.3 Å². The average molecular weight is 267 g/mol. The topological polar surface area (TPSA) is 117 Å². The summed E-state index contributed by atoms with van der Waals surface area (Å²) in [6.45, 7) is 0.416. The number of ether oxygens (including phenoxy) is 2. The molecule has 0 aliphatic carbocycles. The lowest BCUT2D eigenvalue weighted by atomic mass is 10.3. The first-order valence-corrected chi connectivity index (χ1v) is 5.70. The lowest BCUT2D eigenvalue weighted by Crippen LogP contribution is -2.21. The summed E-state index contributed by atoms with van der Waals surface area (Å²) >= 11 is 0. The Hall–Kier alpha value is -2.12. The van der Waals surface area contributed by atoms with E-state index in [-0.39, 0.29) is 19.1 Å². The molecule has 0 unspecified atom stereocenters. The predicted octanol–water partition coefficient (Wildman–Crippen LogP) is -0.535. The molecular weight excluding hydrogens is 250 g/mol. The Morgan fingerprint density at radius 3 is 2.74 bits per heavy atom. The summed E-state index contributed by atoms with van der Waals surface area (Å²) in [6.07, 6.45) is 0. The monoisotopic (exact) mass is 267 g/mol. The molecule has 0 heterocycles. The third-order valence-corrected chi connectivity index (χ3v) is 1.99. The Morgan fingerprint density at radius 2 is 2.05 bits per heavy atom. The number of hydrogen-bond acceptors (Lipinski definition) is 5. The van der Waals surface area contributed by atoms with Crippen LogP contribution in [0.5, 0.6) is 5.75 Å². The van der Waals surface area contributed by atoms with Crippen LogP contribution in [0, 0.1) is 0 Å². The van der Waals surface area contributed by atoms with Crippen LogP contribution in [0.25, 0.3) is 0 Å². The van der Waals surface area contributed by atoms with Gasteiger partial charge in [-0.1, -0.05) is 6.07 Å². The highest BCUT2D eigenvalue weighted by Gasteiger charge is 2.04. The highest BCUT2D eigenvalue weighted by molar-refractivity contribution is 5.91. The third kappa shape index (κ3) is 6.39. The molecule has 1 aromatic rings. The molecule has 7 nitrogen and oxygen atoms in total. The largest absolute Gasteiger partial charge is 0.484 e. The lowest BCUT2D eigenvalue weighted by Gasteiger charge is -2.08. The molecule has 0 fully saturated rings. The number of carbonyl (C=O) groups excluding carboxylic acids is 2. The van der Waals surface area contributed by atoms with E-state index in [4.69, 9.17) is 20.9 Å². The molecular formula is C12H17N3O4. The second-order valence-corrected chi connectivity index (χ2v) is 3.67. The number of amides is 2. The molecule has 1 aromatic carbocycles. The highest BCUT2D eigenvalue weighted by Crippen LogP contribution is 2.17. The van der Waals surface area contributed by atoms with E-state index in [0.717, 1.165) is 0 Å². The number of anilines is 1. The summed E-state index contributed by atoms with van der Waals surface area (Å²) in [6, 6.07) is 6.62. The lowest BCUT2D eigenvalue weighted by molar-refractivity contribution is -0.121. The molecule has 0 spiro atoms. The van der Waals surface area contributed by atoms with E-state index >= 15 is 0 Å². The summed E-state index contributed by atoms with van der Waals surface area (Å²) in [4.78, 5) is 22.1. The van der Waals surface area contributed by atoms with E-state index in [9.17, 15) is 9.59 Å². The second-order valence-electron chi connectivity index (χ2n) is 3.67. The van der Waals surface area contributed by atoms with Crippen LogP contribution in [-0.2, 0) is 14.3 Å². The summed E-state index contributed by atoms with van der Waals surface area (Å²) < 4.78 is 10.1. The van der Waals surface area contributed by atoms with Gasteiger partial charge in [-0.2, -0.15) is 0 Å². The van der Waals surface area contributed by atoms with Gasteiger partial charge in [-0.05, 0) is 12.1 Å². The van der Waals surface area contributed by atoms with Crippen LogP contribution in [0.3, 0.4) is 0 Å². The van der Waals surface area contributed by atoms with Crippen LogP contribution < -0.4 is 21.5 Å². The van der Waals surface area contributed by atoms with E-state index < -0.39 is 5.91 Å². The van der Waals surface area contributed by atoms with Gasteiger partial charge in [-0.25, -0.2) is 0 Å². The maximum Gasteiger partial charge on any atom is 0.255 e. The first-order valence-electron chi connectivity index (χ1n) is 5.70. The number of carbonyl (C=O) groups is 2. The molecule has 5 N–H and O–H groups in total. The Labute approximate surface area is 110 Å². The zero-order valence-electron chi connectivity index (χ0n) is 10.4. The van der Waals surface area contributed by atoms with Crippen LogP contribution in [0.4, 0.5) is 5.69 Å². The van der Waals surface area contributed by atoms with Gasteiger partial charge in [-0.15, -0.1) is 0 Å². The van der Waals surface area contributed by atoms with Crippen molar-refractivity contribution in [3.63, 3.8) is 0 Å². The van der Waals surface area contributed by atoms with E-state index in [0.29, 0.717) is 24.6 Å². The van der Waals surface area contributed by atoms with Crippen LogP contribution >= 0.6 is 0 Å². The SMILES string of the molecule is NCCOCC(=O)Nc1cccc(OCC(N)=O)c1. The van der Waals surface area contributed by atoms with Gasteiger partial charge in [-0.3, -0.25) is 9.59 Å². The Bertz CT molecular complexity index is 437. The molecule has 104 valence electrons. The standard InChI is InChI=1S/C12H17N3O4/c13-4-5-18-8-12(17)15-9-2-1-3-10(6-9)19-7-11(14)16/h1-3,6H,4-5,7-8,13H2,(H2,14,16)(H,15,17). The van der Waals surface area contributed by atoms with Crippen molar-refractivity contribution in [3.05, 3.63) is 24.3 Å². The first kappa shape index (κ1) is 14.9. The molecule has 0 saturated heterocycles. The molecule has 0 atom stereocenters. The average Bonchev–Trinajstić information content (AvgIpc) is 2.37. The number of benzene rings is 1. The van der Waals surface area contributed by atoms with Gasteiger partial charge in [0.1, 0.15) is 12.4 Å². The fourth-order valence-electron chi connectivity index (χ4n) is 1.26. The zero-order valence-corrected chi connectivity index (χ0v) is 10.4. The number of nitrogens with two attached hydrogens (primary N) is 2. The van der Waals surface area contributed by atoms with Crippen molar-refractivity contribution in [3.8, 4) is 5.75 Å². The maximum absolute atomic E-state index is 11.5. The molecule has 19 heavy (non-hydrogen) atoms. The fraction of sp³-hybridized carbons (Fsp3) is 0.333. The minimum Gasteiger partial charge on any atom is -0.484 e. The van der Waals surface area contributed by atoms with E-state index in [2.05, 4.69) is 5.32 Å². The van der Waals surface area contributed by atoms with Crippen LogP contribution in [-0.4, -0.2) is 38.2 Å². The molecule has 1 rings (SSSR count). The normalized spacial score (nSPS) is 9.95. The number of rotatable bonds is 8. The Kier molecular flexibility index (Phi) is 6.34. The molecule has 0 radical (unpaired) electrons. The molecule has 7 heteroatoms. The number of hydrogen-bond donors (Lipinski definition) is 3. The van der Waals surface area contributed by atoms with Gasteiger partial charge in [0.15, 0.2) is 6.61 Å². The van der Waals surface area contributed by atoms with Gasteiger partial charge in [0.25, 0.3) is 5.91 Å². The quantitative estimate of drug-likeness (QED) is 0.547. The second kappa shape index (κ2) is 8.06. The molecule has 2 amide bonds. The predicted molar refractivity (Wildman–Crippen MR) is 69.6 cm³/mol. The fourth-order valence-corrected chi connectivity index (χ4v) is 1.26. The Morgan fingerprint density at radius 1 is 1.26 bits per heavy atom. The van der Waals surface area contributed by atoms with Gasteiger partial charge < -0.3 is 26.3 Å². The summed E-state index contributed by atoms with van der Waals surface area (Å²) in [7, 11) is 0. The van der Waals surface area contributed by atoms with Crippen molar-refractivity contribution in [2.45, 2.75) is 0 Å². The van der Waals surface area contributed by atoms with E-state index in [1.165, 1.54) is 0 Å². The zero-order chi connectivity index (χ0) is 14.1. The highest BCUT2D eigenvalue weighted by atomic mass is 16.5. The third-order valence-electron chi connectivity index (χ3n) is 1.99. The van der Waals surface area contributed by atoms with Crippen molar-refractivity contribution < 1.29 is 19.1 Å². The number of primary amides is 1. The van der Waals surface area contributed by atoms with Crippen LogP contribution in [0.15, 0.2) is 24.3 Å². The molecule has 0 aliphatic heterocycles. The van der Waals surface area contributed by atoms with Gasteiger partial charge in [0.2, 0.25) is 5.91 Å². The minimum absolute atomic E-state index is 0.0659. The molecule has 0 saturated carbocycles. The molecule has 0 aliphatic rings.